The molecule has 0 fully saturated rings. The summed E-state index contributed by atoms with van der Waals surface area (Å²) in [5.74, 6) is 0. The van der Waals surface area contributed by atoms with Gasteiger partial charge in [-0.05, 0) is 12.8 Å². The fourth-order valence-corrected chi connectivity index (χ4v) is 2.13. The molecular formula is C5H10O5P2-4. The van der Waals surface area contributed by atoms with Gasteiger partial charge >= 0.3 is 0 Å². The summed E-state index contributed by atoms with van der Waals surface area (Å²) >= 11 is 0. The second-order valence-electron chi connectivity index (χ2n) is 2.27. The van der Waals surface area contributed by atoms with E-state index in [2.05, 4.69) is 0 Å². The van der Waals surface area contributed by atoms with Crippen molar-refractivity contribution >= 4 is 16.8 Å². The molecule has 74 valence electrons. The topological polar surface area (TPSA) is 112 Å². The number of unbranched alkanes of at least 4 members (excludes halogenated alkanes) is 1. The molecule has 0 radical (unpaired) electrons. The van der Waals surface area contributed by atoms with Gasteiger partial charge in [-0.15, -0.1) is 0 Å². The van der Waals surface area contributed by atoms with Gasteiger partial charge in [0.15, 0.2) is 0 Å². The summed E-state index contributed by atoms with van der Waals surface area (Å²) in [5.41, 5.74) is 0. The van der Waals surface area contributed by atoms with Gasteiger partial charge in [-0.1, -0.05) is 11.8 Å². The Hall–Kier alpha value is 0.660. The lowest BCUT2D eigenvalue weighted by Crippen LogP contribution is -2.27. The highest BCUT2D eigenvalue weighted by Crippen LogP contribution is 2.41. The smallest absolute Gasteiger partial charge is 0.0431 e. The van der Waals surface area contributed by atoms with E-state index in [0.717, 1.165) is 0 Å². The van der Waals surface area contributed by atoms with Crippen LogP contribution in [0.1, 0.15) is 19.3 Å². The van der Waals surface area contributed by atoms with Crippen molar-refractivity contribution < 1.29 is 24.7 Å². The average Bonchev–Trinajstić information content (AvgIpc) is 1.96. The van der Waals surface area contributed by atoms with Gasteiger partial charge in [0, 0.05) is 6.61 Å². The Morgan fingerprint density at radius 2 is 1.50 bits per heavy atom. The average molecular weight is 212 g/mol. The van der Waals surface area contributed by atoms with Crippen LogP contribution in [-0.2, 0) is 0 Å². The molecule has 0 aromatic carbocycles. The molecule has 0 saturated heterocycles. The van der Waals surface area contributed by atoms with Crippen molar-refractivity contribution in [1.29, 1.82) is 0 Å². The highest BCUT2D eigenvalue weighted by molar-refractivity contribution is 7.61. The molecule has 0 unspecified atom stereocenters. The number of hydrogen-bond donors (Lipinski definition) is 1. The first kappa shape index (κ1) is 12.7. The molecule has 0 amide bonds. The Kier molecular flexibility index (Phi) is 7.49. The molecule has 0 spiro atoms. The largest absolute Gasteiger partial charge is 0.841 e. The van der Waals surface area contributed by atoms with Crippen LogP contribution in [0, 0.1) is 0 Å². The van der Waals surface area contributed by atoms with E-state index in [1.807, 2.05) is 0 Å². The van der Waals surface area contributed by atoms with Crippen LogP contribution in [0.5, 0.6) is 0 Å². The Morgan fingerprint density at radius 3 is 1.83 bits per heavy atom. The SMILES string of the molecule is [O-]P([O-])C(CCCCO)P([O-])[O-]. The van der Waals surface area contributed by atoms with Crippen molar-refractivity contribution in [3.63, 3.8) is 0 Å². The van der Waals surface area contributed by atoms with Gasteiger partial charge in [-0.25, -0.2) is 0 Å². The van der Waals surface area contributed by atoms with Crippen molar-refractivity contribution in [3.8, 4) is 0 Å². The zero-order chi connectivity index (χ0) is 9.56. The maximum atomic E-state index is 10.3. The number of rotatable bonds is 6. The van der Waals surface area contributed by atoms with Gasteiger partial charge < -0.3 is 41.4 Å². The van der Waals surface area contributed by atoms with Crippen molar-refractivity contribution in [1.82, 2.24) is 0 Å². The summed E-state index contributed by atoms with van der Waals surface area (Å²) in [7, 11) is -5.80. The maximum absolute atomic E-state index is 10.3. The van der Waals surface area contributed by atoms with Gasteiger partial charge in [0.1, 0.15) is 0 Å². The van der Waals surface area contributed by atoms with Gasteiger partial charge in [0.05, 0.1) is 0 Å². The predicted molar refractivity (Wildman–Crippen MR) is 38.6 cm³/mol. The molecule has 7 heteroatoms. The summed E-state index contributed by atoms with van der Waals surface area (Å²) < 4.78 is 0. The normalized spacial score (nSPS) is 12.0. The van der Waals surface area contributed by atoms with Crippen LogP contribution in [0.2, 0.25) is 0 Å². The predicted octanol–water partition coefficient (Wildman–Crippen LogP) is -2.46. The molecule has 0 bridgehead atoms. The summed E-state index contributed by atoms with van der Waals surface area (Å²) in [6.45, 7) is -0.0437. The van der Waals surface area contributed by atoms with E-state index in [9.17, 15) is 19.6 Å². The zero-order valence-electron chi connectivity index (χ0n) is 6.38. The third-order valence-electron chi connectivity index (χ3n) is 1.36. The van der Waals surface area contributed by atoms with E-state index < -0.39 is 22.2 Å². The van der Waals surface area contributed by atoms with E-state index >= 15 is 0 Å². The van der Waals surface area contributed by atoms with Crippen LogP contribution in [0.4, 0.5) is 0 Å². The second kappa shape index (κ2) is 7.10. The molecule has 0 heterocycles. The minimum atomic E-state index is -2.90. The molecule has 0 aliphatic rings. The standard InChI is InChI=1S/C5H10O5P2/c6-4-2-1-3-5(11(7)8)12(9)10/h5-6H,1-4H2/q-4. The molecule has 0 aliphatic heterocycles. The minimum absolute atomic E-state index is 0.0437. The molecule has 0 aliphatic carbocycles. The number of aliphatic hydroxyl groups excluding tert-OH is 1. The first-order chi connectivity index (χ1) is 5.59. The van der Waals surface area contributed by atoms with Gasteiger partial charge in [0.25, 0.3) is 0 Å². The zero-order valence-corrected chi connectivity index (χ0v) is 8.17. The summed E-state index contributed by atoms with van der Waals surface area (Å²) in [5, 5.41) is 7.09. The van der Waals surface area contributed by atoms with E-state index in [1.165, 1.54) is 0 Å². The summed E-state index contributed by atoms with van der Waals surface area (Å²) in [6.07, 6.45) is 0.925. The van der Waals surface area contributed by atoms with E-state index in [-0.39, 0.29) is 13.0 Å². The van der Waals surface area contributed by atoms with Crippen molar-refractivity contribution in [2.24, 2.45) is 0 Å². The Bertz CT molecular complexity index is 102. The highest BCUT2D eigenvalue weighted by Gasteiger charge is 1.99. The summed E-state index contributed by atoms with van der Waals surface area (Å²) in [6, 6.07) is 0. The van der Waals surface area contributed by atoms with Gasteiger partial charge in [-0.3, -0.25) is 0 Å². The quantitative estimate of drug-likeness (QED) is 0.387. The lowest BCUT2D eigenvalue weighted by Gasteiger charge is -2.52. The molecule has 0 rings (SSSR count). The van der Waals surface area contributed by atoms with E-state index in [4.69, 9.17) is 5.11 Å². The van der Waals surface area contributed by atoms with Crippen LogP contribution in [0.3, 0.4) is 0 Å². The second-order valence-corrected chi connectivity index (χ2v) is 5.07. The van der Waals surface area contributed by atoms with Crippen molar-refractivity contribution in [2.45, 2.75) is 24.7 Å². The maximum Gasteiger partial charge on any atom is 0.0431 e. The first-order valence-electron chi connectivity index (χ1n) is 3.47. The number of hydrogen-bond acceptors (Lipinski definition) is 5. The van der Waals surface area contributed by atoms with Crippen LogP contribution in [0.25, 0.3) is 0 Å². The lowest BCUT2D eigenvalue weighted by atomic mass is 10.3. The van der Waals surface area contributed by atoms with Gasteiger partial charge in [-0.2, -0.15) is 0 Å². The van der Waals surface area contributed by atoms with Gasteiger partial charge in [0.2, 0.25) is 0 Å². The fourth-order valence-electron chi connectivity index (χ4n) is 0.727. The molecule has 0 aromatic rings. The van der Waals surface area contributed by atoms with Crippen molar-refractivity contribution in [2.75, 3.05) is 6.61 Å². The van der Waals surface area contributed by atoms with Crippen LogP contribution >= 0.6 is 16.8 Å². The molecule has 0 atom stereocenters. The Balaban J connectivity index is 3.64. The molecule has 0 saturated carbocycles. The van der Waals surface area contributed by atoms with Crippen LogP contribution in [0.15, 0.2) is 0 Å². The first-order valence-corrected chi connectivity index (χ1v) is 5.96. The third-order valence-corrected chi connectivity index (χ3v) is 3.98. The summed E-state index contributed by atoms with van der Waals surface area (Å²) in [4.78, 5) is 41.3. The Labute approximate surface area is 73.5 Å². The third kappa shape index (κ3) is 5.33. The lowest BCUT2D eigenvalue weighted by molar-refractivity contribution is -0.307. The molecule has 5 nitrogen and oxygen atoms in total. The molecule has 0 aromatic heterocycles. The van der Waals surface area contributed by atoms with E-state index in [1.54, 1.807) is 0 Å². The molecule has 12 heavy (non-hydrogen) atoms. The highest BCUT2D eigenvalue weighted by atomic mass is 31.2. The molecule has 1 N–H and O–H groups in total. The minimum Gasteiger partial charge on any atom is -0.841 e. The van der Waals surface area contributed by atoms with Crippen LogP contribution in [-0.4, -0.2) is 17.1 Å². The fraction of sp³-hybridized carbons (Fsp3) is 1.00. The van der Waals surface area contributed by atoms with Crippen LogP contribution < -0.4 is 19.6 Å². The monoisotopic (exact) mass is 212 g/mol. The number of aliphatic hydroxyl groups is 1. The molecular weight excluding hydrogens is 202 g/mol. The van der Waals surface area contributed by atoms with Crippen molar-refractivity contribution in [3.05, 3.63) is 0 Å². The Morgan fingerprint density at radius 1 is 1.00 bits per heavy atom. The van der Waals surface area contributed by atoms with E-state index in [0.29, 0.717) is 12.8 Å².